The van der Waals surface area contributed by atoms with Gasteiger partial charge in [-0.15, -0.1) is 0 Å². The van der Waals surface area contributed by atoms with Crippen molar-refractivity contribution in [3.05, 3.63) is 42.5 Å². The monoisotopic (exact) mass is 296 g/mol. The number of carbonyl (C=O) groups is 1. The largest absolute Gasteiger partial charge is 0.322 e. The number of nitrogens with one attached hydrogen (secondary N) is 1. The van der Waals surface area contributed by atoms with Gasteiger partial charge in [0.2, 0.25) is 0 Å². The van der Waals surface area contributed by atoms with E-state index in [1.54, 1.807) is 0 Å². The molecule has 2 aromatic carbocycles. The van der Waals surface area contributed by atoms with E-state index in [1.165, 1.54) is 19.3 Å². The third kappa shape index (κ3) is 3.08. The molecule has 116 valence electrons. The summed E-state index contributed by atoms with van der Waals surface area (Å²) in [6.45, 7) is 2.83. The Labute approximate surface area is 132 Å². The predicted octanol–water partition coefficient (Wildman–Crippen LogP) is 5.03. The quantitative estimate of drug-likeness (QED) is 0.846. The zero-order valence-corrected chi connectivity index (χ0v) is 13.2. The van der Waals surface area contributed by atoms with E-state index in [1.807, 2.05) is 29.2 Å². The van der Waals surface area contributed by atoms with Crippen molar-refractivity contribution in [1.29, 1.82) is 0 Å². The maximum absolute atomic E-state index is 12.7. The van der Waals surface area contributed by atoms with Crippen LogP contribution in [0.25, 0.3) is 10.8 Å². The first kappa shape index (κ1) is 14.9. The van der Waals surface area contributed by atoms with Crippen molar-refractivity contribution in [2.75, 3.05) is 11.9 Å². The van der Waals surface area contributed by atoms with Crippen LogP contribution in [-0.4, -0.2) is 23.5 Å². The first-order chi connectivity index (χ1) is 10.8. The molecule has 0 heterocycles. The molecule has 1 saturated carbocycles. The summed E-state index contributed by atoms with van der Waals surface area (Å²) in [4.78, 5) is 14.7. The fourth-order valence-corrected chi connectivity index (χ4v) is 3.48. The van der Waals surface area contributed by atoms with Gasteiger partial charge in [-0.25, -0.2) is 4.79 Å². The lowest BCUT2D eigenvalue weighted by atomic mass is 9.94. The lowest BCUT2D eigenvalue weighted by Gasteiger charge is -2.33. The number of hydrogen-bond acceptors (Lipinski definition) is 1. The van der Waals surface area contributed by atoms with Gasteiger partial charge in [0, 0.05) is 18.0 Å². The molecule has 0 unspecified atom stereocenters. The molecule has 2 amide bonds. The van der Waals surface area contributed by atoms with Gasteiger partial charge in [0.1, 0.15) is 0 Å². The van der Waals surface area contributed by atoms with Crippen LogP contribution in [0.5, 0.6) is 0 Å². The molecular formula is C19H24N2O. The highest BCUT2D eigenvalue weighted by Gasteiger charge is 2.24. The first-order valence-corrected chi connectivity index (χ1v) is 8.35. The van der Waals surface area contributed by atoms with Crippen LogP contribution in [0.4, 0.5) is 10.5 Å². The average Bonchev–Trinajstić information content (AvgIpc) is 2.57. The van der Waals surface area contributed by atoms with Crippen molar-refractivity contribution in [3.8, 4) is 0 Å². The normalized spacial score (nSPS) is 15.7. The second-order valence-electron chi connectivity index (χ2n) is 6.03. The van der Waals surface area contributed by atoms with E-state index < -0.39 is 0 Å². The Bertz CT molecular complexity index is 641. The van der Waals surface area contributed by atoms with Crippen LogP contribution in [0.1, 0.15) is 39.0 Å². The number of benzene rings is 2. The van der Waals surface area contributed by atoms with Crippen molar-refractivity contribution in [1.82, 2.24) is 4.90 Å². The van der Waals surface area contributed by atoms with E-state index in [0.717, 1.165) is 35.8 Å². The van der Waals surface area contributed by atoms with Crippen LogP contribution < -0.4 is 5.32 Å². The average molecular weight is 296 g/mol. The van der Waals surface area contributed by atoms with Gasteiger partial charge in [0.15, 0.2) is 0 Å². The fourth-order valence-electron chi connectivity index (χ4n) is 3.48. The zero-order chi connectivity index (χ0) is 15.4. The number of urea groups is 1. The van der Waals surface area contributed by atoms with Gasteiger partial charge in [-0.1, -0.05) is 55.7 Å². The van der Waals surface area contributed by atoms with Gasteiger partial charge in [0.05, 0.1) is 5.69 Å². The molecule has 0 atom stereocenters. The Balaban J connectivity index is 1.79. The van der Waals surface area contributed by atoms with Crippen molar-refractivity contribution in [2.24, 2.45) is 0 Å². The summed E-state index contributed by atoms with van der Waals surface area (Å²) >= 11 is 0. The van der Waals surface area contributed by atoms with Gasteiger partial charge in [-0.05, 0) is 31.2 Å². The molecule has 2 aromatic rings. The minimum absolute atomic E-state index is 0.0331. The second kappa shape index (κ2) is 6.82. The maximum Gasteiger partial charge on any atom is 0.322 e. The third-order valence-electron chi connectivity index (χ3n) is 4.65. The molecule has 0 saturated heterocycles. The van der Waals surface area contributed by atoms with Crippen LogP contribution in [0.2, 0.25) is 0 Å². The Morgan fingerprint density at radius 3 is 2.59 bits per heavy atom. The summed E-state index contributed by atoms with van der Waals surface area (Å²) in [5.41, 5.74) is 0.900. The number of nitrogens with zero attached hydrogens (tertiary/aromatic N) is 1. The maximum atomic E-state index is 12.7. The molecule has 0 spiro atoms. The van der Waals surface area contributed by atoms with Gasteiger partial charge < -0.3 is 10.2 Å². The Morgan fingerprint density at radius 1 is 1.09 bits per heavy atom. The molecule has 1 fully saturated rings. The van der Waals surface area contributed by atoms with E-state index in [9.17, 15) is 4.79 Å². The van der Waals surface area contributed by atoms with Crippen LogP contribution in [0.3, 0.4) is 0 Å². The molecular weight excluding hydrogens is 272 g/mol. The van der Waals surface area contributed by atoms with Gasteiger partial charge in [-0.2, -0.15) is 0 Å². The first-order valence-electron chi connectivity index (χ1n) is 8.35. The molecule has 1 aliphatic rings. The van der Waals surface area contributed by atoms with E-state index >= 15 is 0 Å². The molecule has 1 N–H and O–H groups in total. The highest BCUT2D eigenvalue weighted by molar-refractivity contribution is 6.01. The van der Waals surface area contributed by atoms with Crippen molar-refractivity contribution >= 4 is 22.5 Å². The van der Waals surface area contributed by atoms with Crippen LogP contribution in [0.15, 0.2) is 42.5 Å². The molecule has 3 rings (SSSR count). The molecule has 3 heteroatoms. The Hall–Kier alpha value is -2.03. The Morgan fingerprint density at radius 2 is 1.82 bits per heavy atom. The summed E-state index contributed by atoms with van der Waals surface area (Å²) in [7, 11) is 0. The molecule has 0 aromatic heterocycles. The van der Waals surface area contributed by atoms with Crippen LogP contribution in [-0.2, 0) is 0 Å². The van der Waals surface area contributed by atoms with Crippen molar-refractivity contribution < 1.29 is 4.79 Å². The van der Waals surface area contributed by atoms with E-state index in [4.69, 9.17) is 0 Å². The molecule has 0 aliphatic heterocycles. The number of hydrogen-bond donors (Lipinski definition) is 1. The standard InChI is InChI=1S/C19H24N2O/c1-2-21(16-11-4-3-5-12-16)19(22)20-18-14-8-10-15-9-6-7-13-17(15)18/h6-10,13-14,16H,2-5,11-12H2,1H3,(H,20,22). The smallest absolute Gasteiger partial charge is 0.322 e. The topological polar surface area (TPSA) is 32.3 Å². The Kier molecular flexibility index (Phi) is 4.62. The molecule has 0 radical (unpaired) electrons. The zero-order valence-electron chi connectivity index (χ0n) is 13.2. The van der Waals surface area contributed by atoms with Gasteiger partial charge in [-0.3, -0.25) is 0 Å². The summed E-state index contributed by atoms with van der Waals surface area (Å²) in [6, 6.07) is 14.6. The number of anilines is 1. The summed E-state index contributed by atoms with van der Waals surface area (Å²) < 4.78 is 0. The highest BCUT2D eigenvalue weighted by atomic mass is 16.2. The highest BCUT2D eigenvalue weighted by Crippen LogP contribution is 2.26. The summed E-state index contributed by atoms with van der Waals surface area (Å²) in [6.07, 6.45) is 6.05. The van der Waals surface area contributed by atoms with E-state index in [2.05, 4.69) is 30.4 Å². The molecule has 1 aliphatic carbocycles. The third-order valence-corrected chi connectivity index (χ3v) is 4.65. The number of rotatable bonds is 3. The summed E-state index contributed by atoms with van der Waals surface area (Å²) in [5.74, 6) is 0. The lowest BCUT2D eigenvalue weighted by molar-refractivity contribution is 0.172. The predicted molar refractivity (Wildman–Crippen MR) is 92.2 cm³/mol. The number of fused-ring (bicyclic) bond motifs is 1. The fraction of sp³-hybridized carbons (Fsp3) is 0.421. The van der Waals surface area contributed by atoms with E-state index in [-0.39, 0.29) is 6.03 Å². The van der Waals surface area contributed by atoms with Gasteiger partial charge in [0.25, 0.3) is 0 Å². The number of amides is 2. The van der Waals surface area contributed by atoms with Crippen LogP contribution in [0, 0.1) is 0 Å². The van der Waals surface area contributed by atoms with Crippen LogP contribution >= 0.6 is 0 Å². The molecule has 22 heavy (non-hydrogen) atoms. The van der Waals surface area contributed by atoms with E-state index in [0.29, 0.717) is 6.04 Å². The lowest BCUT2D eigenvalue weighted by Crippen LogP contribution is -2.43. The van der Waals surface area contributed by atoms with Gasteiger partial charge >= 0.3 is 6.03 Å². The molecule has 0 bridgehead atoms. The second-order valence-corrected chi connectivity index (χ2v) is 6.03. The minimum Gasteiger partial charge on any atom is -0.322 e. The SMILES string of the molecule is CCN(C(=O)Nc1cccc2ccccc12)C1CCCCC1. The minimum atomic E-state index is 0.0331. The number of carbonyl (C=O) groups excluding carboxylic acids is 1. The van der Waals surface area contributed by atoms with Crippen molar-refractivity contribution in [2.45, 2.75) is 45.1 Å². The molecule has 3 nitrogen and oxygen atoms in total. The summed E-state index contributed by atoms with van der Waals surface area (Å²) in [5, 5.41) is 5.37. The van der Waals surface area contributed by atoms with Crippen molar-refractivity contribution in [3.63, 3.8) is 0 Å².